The van der Waals surface area contributed by atoms with Gasteiger partial charge < -0.3 is 10.2 Å². The van der Waals surface area contributed by atoms with E-state index < -0.39 is 6.04 Å². The van der Waals surface area contributed by atoms with Gasteiger partial charge in [-0.15, -0.1) is 0 Å². The van der Waals surface area contributed by atoms with Crippen LogP contribution in [0.3, 0.4) is 0 Å². The van der Waals surface area contributed by atoms with Gasteiger partial charge in [-0.05, 0) is 56.4 Å². The second kappa shape index (κ2) is 10.6. The van der Waals surface area contributed by atoms with E-state index in [4.69, 9.17) is 11.6 Å². The molecule has 1 saturated carbocycles. The van der Waals surface area contributed by atoms with Crippen LogP contribution in [0.5, 0.6) is 0 Å². The molecule has 4 nitrogen and oxygen atoms in total. The molecule has 0 heterocycles. The summed E-state index contributed by atoms with van der Waals surface area (Å²) in [5.41, 5.74) is 3.29. The lowest BCUT2D eigenvalue weighted by Crippen LogP contribution is -2.49. The number of hydrogen-bond donors (Lipinski definition) is 1. The van der Waals surface area contributed by atoms with Crippen molar-refractivity contribution in [3.05, 3.63) is 70.2 Å². The van der Waals surface area contributed by atoms with Gasteiger partial charge in [-0.25, -0.2) is 0 Å². The Labute approximate surface area is 184 Å². The van der Waals surface area contributed by atoms with Gasteiger partial charge in [0.2, 0.25) is 11.8 Å². The van der Waals surface area contributed by atoms with Crippen LogP contribution >= 0.6 is 11.6 Å². The third kappa shape index (κ3) is 6.33. The molecule has 5 heteroatoms. The molecule has 2 aromatic rings. The van der Waals surface area contributed by atoms with Crippen LogP contribution in [-0.2, 0) is 22.6 Å². The molecule has 2 amide bonds. The Morgan fingerprint density at radius 2 is 1.63 bits per heavy atom. The second-order valence-corrected chi connectivity index (χ2v) is 8.74. The van der Waals surface area contributed by atoms with Crippen LogP contribution < -0.4 is 5.32 Å². The highest BCUT2D eigenvalue weighted by atomic mass is 35.5. The fourth-order valence-corrected chi connectivity index (χ4v) is 4.04. The molecule has 1 fully saturated rings. The molecule has 1 aliphatic rings. The van der Waals surface area contributed by atoms with E-state index in [-0.39, 0.29) is 17.9 Å². The molecule has 0 spiro atoms. The monoisotopic (exact) mass is 426 g/mol. The van der Waals surface area contributed by atoms with E-state index in [0.717, 1.165) is 36.8 Å². The SMILES string of the molecule is Cc1ccc(CCC(=O)N(Cc2ccc(Cl)cc2)[C@@H](C)C(=O)NC2CCCC2)cc1. The minimum absolute atomic E-state index is 0.0143. The summed E-state index contributed by atoms with van der Waals surface area (Å²) in [6.07, 6.45) is 5.39. The zero-order valence-electron chi connectivity index (χ0n) is 17.9. The summed E-state index contributed by atoms with van der Waals surface area (Å²) in [6.45, 7) is 4.26. The number of rotatable bonds is 8. The van der Waals surface area contributed by atoms with Crippen molar-refractivity contribution in [3.63, 3.8) is 0 Å². The van der Waals surface area contributed by atoms with Crippen molar-refractivity contribution in [2.24, 2.45) is 0 Å². The highest BCUT2D eigenvalue weighted by Gasteiger charge is 2.28. The first-order chi connectivity index (χ1) is 14.4. The highest BCUT2D eigenvalue weighted by molar-refractivity contribution is 6.30. The number of aryl methyl sites for hydroxylation is 2. The van der Waals surface area contributed by atoms with E-state index in [1.807, 2.05) is 38.1 Å². The van der Waals surface area contributed by atoms with Crippen molar-refractivity contribution in [1.29, 1.82) is 0 Å². The molecule has 0 radical (unpaired) electrons. The maximum absolute atomic E-state index is 13.2. The van der Waals surface area contributed by atoms with E-state index in [9.17, 15) is 9.59 Å². The van der Waals surface area contributed by atoms with E-state index in [1.54, 1.807) is 4.90 Å². The van der Waals surface area contributed by atoms with Crippen LogP contribution in [-0.4, -0.2) is 28.8 Å². The Kier molecular flexibility index (Phi) is 7.92. The topological polar surface area (TPSA) is 49.4 Å². The molecule has 0 saturated heterocycles. The van der Waals surface area contributed by atoms with E-state index in [2.05, 4.69) is 29.6 Å². The summed E-state index contributed by atoms with van der Waals surface area (Å²) in [4.78, 5) is 27.7. The van der Waals surface area contributed by atoms with Gasteiger partial charge in [-0.2, -0.15) is 0 Å². The van der Waals surface area contributed by atoms with Crippen molar-refractivity contribution in [2.75, 3.05) is 0 Å². The van der Waals surface area contributed by atoms with Gasteiger partial charge >= 0.3 is 0 Å². The summed E-state index contributed by atoms with van der Waals surface area (Å²) < 4.78 is 0. The third-order valence-electron chi connectivity index (χ3n) is 5.88. The zero-order chi connectivity index (χ0) is 21.5. The number of carbonyl (C=O) groups excluding carboxylic acids is 2. The van der Waals surface area contributed by atoms with Crippen molar-refractivity contribution in [1.82, 2.24) is 10.2 Å². The van der Waals surface area contributed by atoms with Gasteiger partial charge in [0.25, 0.3) is 0 Å². The van der Waals surface area contributed by atoms with Gasteiger partial charge in [-0.1, -0.05) is 66.4 Å². The first-order valence-corrected chi connectivity index (χ1v) is 11.2. The van der Waals surface area contributed by atoms with Gasteiger partial charge in [0.05, 0.1) is 0 Å². The van der Waals surface area contributed by atoms with Gasteiger partial charge in [0.15, 0.2) is 0 Å². The zero-order valence-corrected chi connectivity index (χ0v) is 18.6. The molecular weight excluding hydrogens is 396 g/mol. The van der Waals surface area contributed by atoms with E-state index in [1.165, 1.54) is 5.56 Å². The quantitative estimate of drug-likeness (QED) is 0.641. The number of halogens is 1. The molecule has 0 aromatic heterocycles. The Hall–Kier alpha value is -2.33. The molecule has 2 aromatic carbocycles. The van der Waals surface area contributed by atoms with Crippen molar-refractivity contribution in [3.8, 4) is 0 Å². The first kappa shape index (κ1) is 22.4. The summed E-state index contributed by atoms with van der Waals surface area (Å²) in [7, 11) is 0. The molecule has 160 valence electrons. The van der Waals surface area contributed by atoms with Crippen LogP contribution in [0.15, 0.2) is 48.5 Å². The lowest BCUT2D eigenvalue weighted by atomic mass is 10.1. The number of nitrogens with one attached hydrogen (secondary N) is 1. The summed E-state index contributed by atoms with van der Waals surface area (Å²) in [6, 6.07) is 15.4. The maximum atomic E-state index is 13.2. The summed E-state index contributed by atoms with van der Waals surface area (Å²) in [5, 5.41) is 3.79. The molecule has 1 N–H and O–H groups in total. The van der Waals surface area contributed by atoms with Gasteiger partial charge in [0, 0.05) is 24.0 Å². The van der Waals surface area contributed by atoms with Crippen LogP contribution in [0, 0.1) is 6.92 Å². The molecule has 30 heavy (non-hydrogen) atoms. The normalized spacial score (nSPS) is 15.0. The number of amides is 2. The lowest BCUT2D eigenvalue weighted by molar-refractivity contribution is -0.140. The van der Waals surface area contributed by atoms with Crippen LogP contribution in [0.4, 0.5) is 0 Å². The van der Waals surface area contributed by atoms with Crippen LogP contribution in [0.1, 0.15) is 55.7 Å². The first-order valence-electron chi connectivity index (χ1n) is 10.8. The molecule has 0 aliphatic heterocycles. The smallest absolute Gasteiger partial charge is 0.242 e. The predicted octanol–water partition coefficient (Wildman–Crippen LogP) is 5.06. The Bertz CT molecular complexity index is 842. The maximum Gasteiger partial charge on any atom is 0.242 e. The minimum atomic E-state index is -0.521. The molecular formula is C25H31ClN2O2. The second-order valence-electron chi connectivity index (χ2n) is 8.30. The third-order valence-corrected chi connectivity index (χ3v) is 6.14. The Morgan fingerprint density at radius 1 is 1.03 bits per heavy atom. The summed E-state index contributed by atoms with van der Waals surface area (Å²) >= 11 is 6.00. The Morgan fingerprint density at radius 3 is 2.27 bits per heavy atom. The molecule has 1 aliphatic carbocycles. The standard InChI is InChI=1S/C25H31ClN2O2/c1-18-7-9-20(10-8-18)13-16-24(29)28(17-21-11-14-22(26)15-12-21)19(2)25(30)27-23-5-3-4-6-23/h7-12,14-15,19,23H,3-6,13,16-17H2,1-2H3,(H,27,30)/t19-/m0/s1. The van der Waals surface area contributed by atoms with E-state index in [0.29, 0.717) is 24.4 Å². The molecule has 0 bridgehead atoms. The predicted molar refractivity (Wildman–Crippen MR) is 121 cm³/mol. The lowest BCUT2D eigenvalue weighted by Gasteiger charge is -2.30. The average Bonchev–Trinajstić information content (AvgIpc) is 3.25. The van der Waals surface area contributed by atoms with Gasteiger partial charge in [0.1, 0.15) is 6.04 Å². The molecule has 3 rings (SSSR count). The largest absolute Gasteiger partial charge is 0.352 e. The highest BCUT2D eigenvalue weighted by Crippen LogP contribution is 2.19. The van der Waals surface area contributed by atoms with Crippen molar-refractivity contribution < 1.29 is 9.59 Å². The van der Waals surface area contributed by atoms with Crippen LogP contribution in [0.25, 0.3) is 0 Å². The summed E-state index contributed by atoms with van der Waals surface area (Å²) in [5.74, 6) is -0.0841. The minimum Gasteiger partial charge on any atom is -0.352 e. The van der Waals surface area contributed by atoms with E-state index >= 15 is 0 Å². The molecule has 0 unspecified atom stereocenters. The van der Waals surface area contributed by atoms with Crippen LogP contribution in [0.2, 0.25) is 5.02 Å². The molecule has 1 atom stereocenters. The van der Waals surface area contributed by atoms with Gasteiger partial charge in [-0.3, -0.25) is 9.59 Å². The average molecular weight is 427 g/mol. The number of nitrogens with zero attached hydrogens (tertiary/aromatic N) is 1. The Balaban J connectivity index is 1.69. The van der Waals surface area contributed by atoms with Crippen molar-refractivity contribution >= 4 is 23.4 Å². The fraction of sp³-hybridized carbons (Fsp3) is 0.440. The fourth-order valence-electron chi connectivity index (χ4n) is 3.91. The number of benzene rings is 2. The number of carbonyl (C=O) groups is 2. The van der Waals surface area contributed by atoms with Crippen molar-refractivity contribution in [2.45, 2.75) is 71.0 Å². The number of hydrogen-bond acceptors (Lipinski definition) is 2.